The minimum absolute atomic E-state index is 0.511. The Morgan fingerprint density at radius 3 is 2.55 bits per heavy atom. The van der Waals surface area contributed by atoms with Gasteiger partial charge in [-0.15, -0.1) is 0 Å². The van der Waals surface area contributed by atoms with Crippen molar-refractivity contribution in [3.63, 3.8) is 0 Å². The van der Waals surface area contributed by atoms with Gasteiger partial charge in [-0.2, -0.15) is 0 Å². The fraction of sp³-hybridized carbons (Fsp3) is 0.143. The predicted octanol–water partition coefficient (Wildman–Crippen LogP) is 2.95. The summed E-state index contributed by atoms with van der Waals surface area (Å²) >= 11 is 8.47. The molecule has 1 atom stereocenters. The van der Waals surface area contributed by atoms with E-state index in [-0.39, 0.29) is 0 Å². The molecule has 11 heavy (non-hydrogen) atoms. The summed E-state index contributed by atoms with van der Waals surface area (Å²) in [4.78, 5) is 4.86. The molecule has 0 unspecified atom stereocenters. The number of halogens is 2. The van der Waals surface area contributed by atoms with Crippen LogP contribution in [0.2, 0.25) is 0 Å². The third kappa shape index (κ3) is 3.60. The second-order valence-electron chi connectivity index (χ2n) is 1.85. The van der Waals surface area contributed by atoms with Crippen molar-refractivity contribution in [1.82, 2.24) is 0 Å². The van der Waals surface area contributed by atoms with E-state index < -0.39 is 4.47 Å². The van der Waals surface area contributed by atoms with Gasteiger partial charge in [-0.3, -0.25) is 5.48 Å². The van der Waals surface area contributed by atoms with Gasteiger partial charge in [0.2, 0.25) is 4.47 Å². The number of hydrogen-bond donors (Lipinski definition) is 1. The Kier molecular flexibility index (Phi) is 3.69. The highest BCUT2D eigenvalue weighted by Crippen LogP contribution is 2.10. The Labute approximate surface area is 78.6 Å². The molecule has 0 amide bonds. The van der Waals surface area contributed by atoms with Gasteiger partial charge in [0.15, 0.2) is 0 Å². The van der Waals surface area contributed by atoms with Gasteiger partial charge in [0.05, 0.1) is 5.69 Å². The van der Waals surface area contributed by atoms with Crippen LogP contribution in [0, 0.1) is 0 Å². The molecule has 0 aliphatic rings. The molecule has 1 aromatic carbocycles. The first-order valence-corrected chi connectivity index (χ1v) is 4.39. The number of alkyl halides is 2. The quantitative estimate of drug-likeness (QED) is 0.643. The highest BCUT2D eigenvalue weighted by molar-refractivity contribution is 9.10. The summed E-state index contributed by atoms with van der Waals surface area (Å²) in [6.07, 6.45) is 0. The van der Waals surface area contributed by atoms with E-state index in [1.165, 1.54) is 0 Å². The van der Waals surface area contributed by atoms with Gasteiger partial charge in [-0.1, -0.05) is 29.8 Å². The summed E-state index contributed by atoms with van der Waals surface area (Å²) in [6, 6.07) is 9.50. The number of rotatable bonds is 3. The molecular weight excluding hydrogens is 229 g/mol. The fourth-order valence-electron chi connectivity index (χ4n) is 0.619. The van der Waals surface area contributed by atoms with Crippen LogP contribution in [0.4, 0.5) is 5.69 Å². The SMILES string of the molecule is Cl[C@@H](Br)ONc1ccccc1. The molecule has 0 aliphatic carbocycles. The molecule has 0 saturated carbocycles. The van der Waals surface area contributed by atoms with Crippen LogP contribution in [0.15, 0.2) is 30.3 Å². The van der Waals surface area contributed by atoms with Crippen molar-refractivity contribution in [2.75, 3.05) is 5.48 Å². The van der Waals surface area contributed by atoms with E-state index >= 15 is 0 Å². The highest BCUT2D eigenvalue weighted by Gasteiger charge is 1.95. The molecule has 0 heterocycles. The Hall–Kier alpha value is -0.250. The van der Waals surface area contributed by atoms with Crippen LogP contribution in [0.3, 0.4) is 0 Å². The standard InChI is InChI=1S/C7H7BrClNO/c8-7(9)11-10-6-4-2-1-3-5-6/h1-5,7,10H/t7-/m1/s1. The lowest BCUT2D eigenvalue weighted by Gasteiger charge is -2.05. The van der Waals surface area contributed by atoms with Crippen LogP contribution < -0.4 is 5.48 Å². The minimum atomic E-state index is -0.511. The zero-order valence-corrected chi connectivity index (χ0v) is 7.97. The molecule has 0 aromatic heterocycles. The summed E-state index contributed by atoms with van der Waals surface area (Å²) < 4.78 is -0.511. The van der Waals surface area contributed by atoms with Crippen LogP contribution in [-0.4, -0.2) is 4.47 Å². The second-order valence-corrected chi connectivity index (χ2v) is 3.60. The summed E-state index contributed by atoms with van der Waals surface area (Å²) in [5.74, 6) is 0. The molecule has 0 saturated heterocycles. The van der Waals surface area contributed by atoms with Gasteiger partial charge in [0, 0.05) is 0 Å². The van der Waals surface area contributed by atoms with E-state index in [1.54, 1.807) is 0 Å². The predicted molar refractivity (Wildman–Crippen MR) is 49.7 cm³/mol. The van der Waals surface area contributed by atoms with E-state index in [0.717, 1.165) is 5.69 Å². The second kappa shape index (κ2) is 4.59. The van der Waals surface area contributed by atoms with E-state index in [9.17, 15) is 0 Å². The molecule has 0 spiro atoms. The topological polar surface area (TPSA) is 21.3 Å². The number of para-hydroxylation sites is 1. The van der Waals surface area contributed by atoms with E-state index in [4.69, 9.17) is 16.4 Å². The molecule has 0 bridgehead atoms. The maximum atomic E-state index is 5.46. The van der Waals surface area contributed by atoms with Crippen LogP contribution >= 0.6 is 27.5 Å². The summed E-state index contributed by atoms with van der Waals surface area (Å²) in [7, 11) is 0. The van der Waals surface area contributed by atoms with Crippen molar-refractivity contribution in [2.24, 2.45) is 0 Å². The van der Waals surface area contributed by atoms with Crippen molar-refractivity contribution >= 4 is 33.2 Å². The number of anilines is 1. The van der Waals surface area contributed by atoms with Crippen molar-refractivity contribution in [3.05, 3.63) is 30.3 Å². The summed E-state index contributed by atoms with van der Waals surface area (Å²) in [5, 5.41) is 0. The highest BCUT2D eigenvalue weighted by atomic mass is 79.9. The molecule has 1 rings (SSSR count). The fourth-order valence-corrected chi connectivity index (χ4v) is 0.757. The summed E-state index contributed by atoms with van der Waals surface area (Å²) in [5.41, 5.74) is 3.54. The van der Waals surface area contributed by atoms with Gasteiger partial charge in [-0.05, 0) is 28.1 Å². The lowest BCUT2D eigenvalue weighted by molar-refractivity contribution is 0.229. The van der Waals surface area contributed by atoms with Crippen molar-refractivity contribution in [2.45, 2.75) is 4.47 Å². The third-order valence-electron chi connectivity index (χ3n) is 1.04. The van der Waals surface area contributed by atoms with E-state index in [2.05, 4.69) is 21.4 Å². The first-order chi connectivity index (χ1) is 5.29. The lowest BCUT2D eigenvalue weighted by Crippen LogP contribution is -2.03. The van der Waals surface area contributed by atoms with Gasteiger partial charge in [0.1, 0.15) is 0 Å². The van der Waals surface area contributed by atoms with E-state index in [0.29, 0.717) is 0 Å². The Balaban J connectivity index is 2.39. The van der Waals surface area contributed by atoms with E-state index in [1.807, 2.05) is 30.3 Å². The molecule has 60 valence electrons. The first-order valence-electron chi connectivity index (χ1n) is 3.04. The van der Waals surface area contributed by atoms with Crippen LogP contribution in [0.5, 0.6) is 0 Å². The normalized spacial score (nSPS) is 12.5. The number of hydrogen-bond acceptors (Lipinski definition) is 2. The van der Waals surface area contributed by atoms with Gasteiger partial charge < -0.3 is 0 Å². The molecule has 0 radical (unpaired) electrons. The lowest BCUT2D eigenvalue weighted by atomic mass is 10.3. The largest absolute Gasteiger partial charge is 0.264 e. The first kappa shape index (κ1) is 8.84. The molecule has 4 heteroatoms. The Morgan fingerprint density at radius 2 is 2.00 bits per heavy atom. The maximum absolute atomic E-state index is 5.46. The van der Waals surface area contributed by atoms with Crippen molar-refractivity contribution in [1.29, 1.82) is 0 Å². The Morgan fingerprint density at radius 1 is 1.36 bits per heavy atom. The molecule has 1 aromatic rings. The van der Waals surface area contributed by atoms with Crippen LogP contribution in [-0.2, 0) is 4.84 Å². The number of benzene rings is 1. The van der Waals surface area contributed by atoms with Gasteiger partial charge >= 0.3 is 0 Å². The van der Waals surface area contributed by atoms with Crippen LogP contribution in [0.1, 0.15) is 0 Å². The Bertz CT molecular complexity index is 205. The van der Waals surface area contributed by atoms with Crippen molar-refractivity contribution in [3.8, 4) is 0 Å². The van der Waals surface area contributed by atoms with Crippen LogP contribution in [0.25, 0.3) is 0 Å². The average molecular weight is 236 g/mol. The maximum Gasteiger partial charge on any atom is 0.213 e. The third-order valence-corrected chi connectivity index (χ3v) is 1.32. The molecule has 2 nitrogen and oxygen atoms in total. The molecule has 0 aliphatic heterocycles. The van der Waals surface area contributed by atoms with Crippen molar-refractivity contribution < 1.29 is 4.84 Å². The smallest absolute Gasteiger partial charge is 0.213 e. The van der Waals surface area contributed by atoms with Gasteiger partial charge in [0.25, 0.3) is 0 Å². The molecule has 0 fully saturated rings. The average Bonchev–Trinajstić information content (AvgIpc) is 2.03. The summed E-state index contributed by atoms with van der Waals surface area (Å²) in [6.45, 7) is 0. The van der Waals surface area contributed by atoms with Gasteiger partial charge in [-0.25, -0.2) is 4.84 Å². The monoisotopic (exact) mass is 235 g/mol. The molecule has 1 N–H and O–H groups in total. The number of nitrogens with one attached hydrogen (secondary N) is 1. The zero-order chi connectivity index (χ0) is 8.10. The zero-order valence-electron chi connectivity index (χ0n) is 5.63. The molecular formula is C7H7BrClNO. The minimum Gasteiger partial charge on any atom is -0.264 e.